The maximum atomic E-state index is 12.1. The van der Waals surface area contributed by atoms with Gasteiger partial charge in [0, 0.05) is 18.7 Å². The fourth-order valence-electron chi connectivity index (χ4n) is 2.42. The van der Waals surface area contributed by atoms with Crippen molar-refractivity contribution in [1.29, 1.82) is 0 Å². The van der Waals surface area contributed by atoms with Crippen molar-refractivity contribution in [1.82, 2.24) is 10.2 Å². The third-order valence-corrected chi connectivity index (χ3v) is 3.15. The second-order valence-corrected chi connectivity index (χ2v) is 6.19. The number of rotatable bonds is 5. The van der Waals surface area contributed by atoms with Gasteiger partial charge in [-0.1, -0.05) is 26.0 Å². The molecule has 1 N–H and O–H groups in total. The molecular formula is C15H26N2O. The Morgan fingerprint density at radius 1 is 1.44 bits per heavy atom. The van der Waals surface area contributed by atoms with Crippen LogP contribution in [0, 0.1) is 5.41 Å². The second kappa shape index (κ2) is 6.19. The molecule has 0 aromatic heterocycles. The van der Waals surface area contributed by atoms with Gasteiger partial charge in [0.1, 0.15) is 0 Å². The molecule has 3 heteroatoms. The molecule has 3 nitrogen and oxygen atoms in total. The minimum absolute atomic E-state index is 0.0954. The van der Waals surface area contributed by atoms with Gasteiger partial charge in [-0.3, -0.25) is 4.79 Å². The van der Waals surface area contributed by atoms with E-state index in [1.165, 1.54) is 0 Å². The van der Waals surface area contributed by atoms with E-state index in [1.54, 1.807) is 0 Å². The van der Waals surface area contributed by atoms with E-state index in [2.05, 4.69) is 44.2 Å². The molecule has 18 heavy (non-hydrogen) atoms. The van der Waals surface area contributed by atoms with E-state index < -0.39 is 0 Å². The smallest absolute Gasteiger partial charge is 0.247 e. The Hall–Kier alpha value is -1.09. The molecule has 0 aromatic rings. The van der Waals surface area contributed by atoms with Crippen LogP contribution in [0.2, 0.25) is 0 Å². The summed E-state index contributed by atoms with van der Waals surface area (Å²) in [5.41, 5.74) is 2.14. The van der Waals surface area contributed by atoms with E-state index >= 15 is 0 Å². The van der Waals surface area contributed by atoms with Crippen LogP contribution >= 0.6 is 0 Å². The molecule has 0 aromatic carbocycles. The van der Waals surface area contributed by atoms with Crippen molar-refractivity contribution in [2.45, 2.75) is 33.6 Å². The maximum Gasteiger partial charge on any atom is 0.247 e. The summed E-state index contributed by atoms with van der Waals surface area (Å²) >= 11 is 0. The number of nitrogens with one attached hydrogen (secondary N) is 1. The van der Waals surface area contributed by atoms with Crippen LogP contribution < -0.4 is 5.32 Å². The Balaban J connectivity index is 2.53. The zero-order valence-corrected chi connectivity index (χ0v) is 12.3. The molecule has 1 aliphatic rings. The first kappa shape index (κ1) is 15.0. The molecule has 102 valence electrons. The molecule has 1 aliphatic carbocycles. The van der Waals surface area contributed by atoms with Crippen molar-refractivity contribution in [2.75, 3.05) is 27.2 Å². The lowest BCUT2D eigenvalue weighted by Gasteiger charge is -2.28. The van der Waals surface area contributed by atoms with Gasteiger partial charge in [-0.15, -0.1) is 0 Å². The fourth-order valence-corrected chi connectivity index (χ4v) is 2.42. The predicted octanol–water partition coefficient (Wildman–Crippen LogP) is 2.36. The monoisotopic (exact) mass is 250 g/mol. The minimum Gasteiger partial charge on any atom is -0.352 e. The van der Waals surface area contributed by atoms with Crippen molar-refractivity contribution in [3.63, 3.8) is 0 Å². The number of nitrogens with zero attached hydrogens (tertiary/aromatic N) is 1. The van der Waals surface area contributed by atoms with Gasteiger partial charge in [-0.2, -0.15) is 0 Å². The lowest BCUT2D eigenvalue weighted by Crippen LogP contribution is -2.40. The Morgan fingerprint density at radius 2 is 2.11 bits per heavy atom. The van der Waals surface area contributed by atoms with Gasteiger partial charge in [0.25, 0.3) is 0 Å². The molecule has 0 heterocycles. The molecule has 0 radical (unpaired) electrons. The number of carbonyl (C=O) groups is 1. The summed E-state index contributed by atoms with van der Waals surface area (Å²) < 4.78 is 0. The van der Waals surface area contributed by atoms with Gasteiger partial charge in [0.2, 0.25) is 5.91 Å². The van der Waals surface area contributed by atoms with Crippen molar-refractivity contribution < 1.29 is 4.79 Å². The first-order valence-electron chi connectivity index (χ1n) is 6.61. The van der Waals surface area contributed by atoms with Gasteiger partial charge >= 0.3 is 0 Å². The van der Waals surface area contributed by atoms with Gasteiger partial charge < -0.3 is 10.2 Å². The summed E-state index contributed by atoms with van der Waals surface area (Å²) in [4.78, 5) is 14.3. The minimum atomic E-state index is 0.0954. The summed E-state index contributed by atoms with van der Waals surface area (Å²) in [5, 5.41) is 3.07. The highest BCUT2D eigenvalue weighted by Crippen LogP contribution is 2.19. The number of allylic oxidation sites excluding steroid dienone is 3. The van der Waals surface area contributed by atoms with Gasteiger partial charge in [-0.05, 0) is 44.8 Å². The van der Waals surface area contributed by atoms with E-state index in [1.807, 2.05) is 13.0 Å². The van der Waals surface area contributed by atoms with Gasteiger partial charge in [0.15, 0.2) is 0 Å². The molecule has 1 amide bonds. The van der Waals surface area contributed by atoms with Crippen LogP contribution in [0.1, 0.15) is 33.6 Å². The molecule has 0 saturated heterocycles. The van der Waals surface area contributed by atoms with E-state index in [9.17, 15) is 4.79 Å². The SMILES string of the molecule is CC1=C(C(=O)NCC(C)(C)CN(C)C)CCC=C1. The number of hydrogen-bond donors (Lipinski definition) is 1. The summed E-state index contributed by atoms with van der Waals surface area (Å²) in [5.74, 6) is 0.101. The first-order chi connectivity index (χ1) is 8.32. The Labute approximate surface area is 111 Å². The van der Waals surface area contributed by atoms with Crippen LogP contribution in [-0.2, 0) is 4.79 Å². The first-order valence-corrected chi connectivity index (χ1v) is 6.61. The quantitative estimate of drug-likeness (QED) is 0.812. The van der Waals surface area contributed by atoms with Crippen LogP contribution in [0.4, 0.5) is 0 Å². The molecule has 0 bridgehead atoms. The molecule has 0 saturated carbocycles. The van der Waals surface area contributed by atoms with E-state index in [0.29, 0.717) is 6.54 Å². The Bertz CT molecular complexity index is 365. The van der Waals surface area contributed by atoms with E-state index in [0.717, 1.165) is 30.5 Å². The highest BCUT2D eigenvalue weighted by Gasteiger charge is 2.21. The average molecular weight is 250 g/mol. The predicted molar refractivity (Wildman–Crippen MR) is 76.4 cm³/mol. The molecular weight excluding hydrogens is 224 g/mol. The number of carbonyl (C=O) groups excluding carboxylic acids is 1. The molecule has 1 rings (SSSR count). The molecule has 0 fully saturated rings. The van der Waals surface area contributed by atoms with Crippen LogP contribution in [0.3, 0.4) is 0 Å². The third kappa shape index (κ3) is 4.65. The summed E-state index contributed by atoms with van der Waals surface area (Å²) in [6, 6.07) is 0. The van der Waals surface area contributed by atoms with Crippen molar-refractivity contribution >= 4 is 5.91 Å². The van der Waals surface area contributed by atoms with Crippen molar-refractivity contribution in [3.05, 3.63) is 23.3 Å². The normalized spacial score (nSPS) is 16.3. The van der Waals surface area contributed by atoms with E-state index in [4.69, 9.17) is 0 Å². The van der Waals surface area contributed by atoms with Crippen molar-refractivity contribution in [2.24, 2.45) is 5.41 Å². The van der Waals surface area contributed by atoms with E-state index in [-0.39, 0.29) is 11.3 Å². The highest BCUT2D eigenvalue weighted by atomic mass is 16.1. The topological polar surface area (TPSA) is 32.3 Å². The van der Waals surface area contributed by atoms with Gasteiger partial charge in [-0.25, -0.2) is 0 Å². The lowest BCUT2D eigenvalue weighted by molar-refractivity contribution is -0.118. The molecule has 0 aliphatic heterocycles. The Morgan fingerprint density at radius 3 is 2.67 bits per heavy atom. The van der Waals surface area contributed by atoms with Crippen LogP contribution in [-0.4, -0.2) is 38.0 Å². The summed E-state index contributed by atoms with van der Waals surface area (Å²) in [7, 11) is 4.12. The molecule has 0 unspecified atom stereocenters. The van der Waals surface area contributed by atoms with Crippen molar-refractivity contribution in [3.8, 4) is 0 Å². The zero-order valence-electron chi connectivity index (χ0n) is 12.3. The fraction of sp³-hybridized carbons (Fsp3) is 0.667. The Kier molecular flexibility index (Phi) is 5.15. The maximum absolute atomic E-state index is 12.1. The molecule has 0 spiro atoms. The lowest BCUT2D eigenvalue weighted by atomic mass is 9.92. The van der Waals surface area contributed by atoms with Crippen LogP contribution in [0.25, 0.3) is 0 Å². The van der Waals surface area contributed by atoms with Crippen LogP contribution in [0.15, 0.2) is 23.3 Å². The number of hydrogen-bond acceptors (Lipinski definition) is 2. The molecule has 0 atom stereocenters. The highest BCUT2D eigenvalue weighted by molar-refractivity contribution is 5.94. The number of amides is 1. The van der Waals surface area contributed by atoms with Gasteiger partial charge in [0.05, 0.1) is 0 Å². The zero-order chi connectivity index (χ0) is 13.8. The van der Waals surface area contributed by atoms with Crippen LogP contribution in [0.5, 0.6) is 0 Å². The second-order valence-electron chi connectivity index (χ2n) is 6.19. The summed E-state index contributed by atoms with van der Waals surface area (Å²) in [6.45, 7) is 8.04. The summed E-state index contributed by atoms with van der Waals surface area (Å²) in [6.07, 6.45) is 6.01. The largest absolute Gasteiger partial charge is 0.352 e. The average Bonchev–Trinajstić information content (AvgIpc) is 2.25. The third-order valence-electron chi connectivity index (χ3n) is 3.15. The standard InChI is InChI=1S/C15H26N2O/c1-12-8-6-7-9-13(12)14(18)16-10-15(2,3)11-17(4)5/h6,8H,7,9-11H2,1-5H3,(H,16,18).